The van der Waals surface area contributed by atoms with Crippen LogP contribution in [-0.4, -0.2) is 16.8 Å². The molecule has 2 bridgehead atoms. The molecule has 0 aromatic carbocycles. The highest BCUT2D eigenvalue weighted by Crippen LogP contribution is 2.52. The highest BCUT2D eigenvalue weighted by Gasteiger charge is 2.59. The largest absolute Gasteiger partial charge is 0.274 e. The lowest BCUT2D eigenvalue weighted by Gasteiger charge is -2.16. The molecule has 4 heteroatoms. The summed E-state index contributed by atoms with van der Waals surface area (Å²) in [4.78, 5) is 30.5. The van der Waals surface area contributed by atoms with E-state index in [0.717, 1.165) is 12.0 Å². The Kier molecular flexibility index (Phi) is 2.03. The van der Waals surface area contributed by atoms with E-state index in [1.807, 2.05) is 13.0 Å². The van der Waals surface area contributed by atoms with Crippen LogP contribution in [-0.2, 0) is 9.59 Å². The van der Waals surface area contributed by atoms with Gasteiger partial charge in [-0.05, 0) is 36.8 Å². The zero-order valence-electron chi connectivity index (χ0n) is 10.6. The van der Waals surface area contributed by atoms with Crippen LogP contribution in [0.4, 0.5) is 5.82 Å². The van der Waals surface area contributed by atoms with E-state index in [2.05, 4.69) is 17.1 Å². The number of hydrogen-bond donors (Lipinski definition) is 0. The standard InChI is InChI=1S/C15H14N2O2/c1-8-2-5-11(16-7-8)17-14(18)12-9-3-4-10(6-9)13(12)15(17)19/h2-5,7,9-10,12-13H,6H2,1H3/t9-,10-,12-,13+/m0/s1. The van der Waals surface area contributed by atoms with Crippen LogP contribution in [0.3, 0.4) is 0 Å². The molecular formula is C15H14N2O2. The molecule has 4 nitrogen and oxygen atoms in total. The van der Waals surface area contributed by atoms with Gasteiger partial charge in [-0.1, -0.05) is 18.2 Å². The molecule has 1 saturated carbocycles. The molecule has 1 aromatic heterocycles. The maximum Gasteiger partial charge on any atom is 0.239 e. The van der Waals surface area contributed by atoms with Gasteiger partial charge in [0.2, 0.25) is 11.8 Å². The van der Waals surface area contributed by atoms with Gasteiger partial charge in [0.05, 0.1) is 11.8 Å². The minimum absolute atomic E-state index is 0.0665. The Morgan fingerprint density at radius 1 is 1.11 bits per heavy atom. The molecule has 2 aliphatic carbocycles. The summed E-state index contributed by atoms with van der Waals surface area (Å²) in [5.74, 6) is 0.542. The van der Waals surface area contributed by atoms with Crippen molar-refractivity contribution in [3.05, 3.63) is 36.0 Å². The molecule has 1 aliphatic heterocycles. The topological polar surface area (TPSA) is 50.3 Å². The Labute approximate surface area is 111 Å². The first-order valence-corrected chi connectivity index (χ1v) is 6.65. The number of carbonyl (C=O) groups is 2. The number of anilines is 1. The molecule has 2 amide bonds. The van der Waals surface area contributed by atoms with Crippen LogP contribution in [0.2, 0.25) is 0 Å². The molecule has 96 valence electrons. The second kappa shape index (κ2) is 3.53. The van der Waals surface area contributed by atoms with E-state index in [4.69, 9.17) is 0 Å². The molecule has 0 N–H and O–H groups in total. The minimum atomic E-state index is -0.148. The average molecular weight is 254 g/mol. The molecule has 3 aliphatic rings. The third kappa shape index (κ3) is 1.31. The zero-order valence-corrected chi connectivity index (χ0v) is 10.6. The molecule has 0 spiro atoms. The SMILES string of the molecule is Cc1ccc(N2C(=O)[C@@H]3[C@H](C2=O)[C@H]2C=C[C@H]3C2)nc1. The maximum atomic E-state index is 12.5. The molecule has 19 heavy (non-hydrogen) atoms. The third-order valence-corrected chi connectivity index (χ3v) is 4.60. The molecule has 1 saturated heterocycles. The summed E-state index contributed by atoms with van der Waals surface area (Å²) in [5.41, 5.74) is 1.02. The van der Waals surface area contributed by atoms with Gasteiger partial charge >= 0.3 is 0 Å². The number of pyridine rings is 1. The van der Waals surface area contributed by atoms with Crippen molar-refractivity contribution in [2.45, 2.75) is 13.3 Å². The van der Waals surface area contributed by atoms with Gasteiger partial charge in [-0.25, -0.2) is 9.88 Å². The fourth-order valence-electron chi connectivity index (χ4n) is 3.72. The fourth-order valence-corrected chi connectivity index (χ4v) is 3.72. The maximum absolute atomic E-state index is 12.5. The lowest BCUT2D eigenvalue weighted by Crippen LogP contribution is -2.33. The number of aromatic nitrogens is 1. The molecule has 0 unspecified atom stereocenters. The first-order valence-electron chi connectivity index (χ1n) is 6.65. The molecule has 2 heterocycles. The fraction of sp³-hybridized carbons (Fsp3) is 0.400. The van der Waals surface area contributed by atoms with Gasteiger partial charge in [-0.2, -0.15) is 0 Å². The van der Waals surface area contributed by atoms with E-state index in [0.29, 0.717) is 5.82 Å². The van der Waals surface area contributed by atoms with Gasteiger partial charge in [0.25, 0.3) is 0 Å². The van der Waals surface area contributed by atoms with E-state index in [1.165, 1.54) is 4.90 Å². The van der Waals surface area contributed by atoms with Crippen LogP contribution < -0.4 is 4.90 Å². The van der Waals surface area contributed by atoms with Gasteiger partial charge in [0.1, 0.15) is 5.82 Å². The summed E-state index contributed by atoms with van der Waals surface area (Å²) in [5, 5.41) is 0. The predicted octanol–water partition coefficient (Wildman–Crippen LogP) is 1.70. The Morgan fingerprint density at radius 3 is 2.26 bits per heavy atom. The van der Waals surface area contributed by atoms with E-state index in [-0.39, 0.29) is 35.5 Å². The first kappa shape index (κ1) is 10.9. The van der Waals surface area contributed by atoms with Crippen LogP contribution in [0.5, 0.6) is 0 Å². The van der Waals surface area contributed by atoms with Gasteiger partial charge in [-0.3, -0.25) is 9.59 Å². The predicted molar refractivity (Wildman–Crippen MR) is 69.2 cm³/mol. The number of aryl methyl sites for hydroxylation is 1. The Morgan fingerprint density at radius 2 is 1.74 bits per heavy atom. The molecule has 0 radical (unpaired) electrons. The lowest BCUT2D eigenvalue weighted by molar-refractivity contribution is -0.123. The van der Waals surface area contributed by atoms with E-state index in [9.17, 15) is 9.59 Å². The molecular weight excluding hydrogens is 240 g/mol. The number of fused-ring (bicyclic) bond motifs is 5. The number of allylic oxidation sites excluding steroid dienone is 2. The number of nitrogens with zero attached hydrogens (tertiary/aromatic N) is 2. The van der Waals surface area contributed by atoms with Crippen molar-refractivity contribution in [2.24, 2.45) is 23.7 Å². The van der Waals surface area contributed by atoms with Crippen LogP contribution in [0, 0.1) is 30.6 Å². The summed E-state index contributed by atoms with van der Waals surface area (Å²) in [7, 11) is 0. The van der Waals surface area contributed by atoms with Crippen molar-refractivity contribution in [3.63, 3.8) is 0 Å². The summed E-state index contributed by atoms with van der Waals surface area (Å²) in [6.07, 6.45) is 6.85. The number of rotatable bonds is 1. The van der Waals surface area contributed by atoms with Crippen molar-refractivity contribution in [3.8, 4) is 0 Å². The normalized spacial score (nSPS) is 35.3. The molecule has 1 aromatic rings. The molecule has 2 fully saturated rings. The third-order valence-electron chi connectivity index (χ3n) is 4.60. The number of hydrogen-bond acceptors (Lipinski definition) is 3. The Bertz CT molecular complexity index is 575. The van der Waals surface area contributed by atoms with Crippen LogP contribution in [0.1, 0.15) is 12.0 Å². The second-order valence-corrected chi connectivity index (χ2v) is 5.71. The molecule has 4 rings (SSSR count). The van der Waals surface area contributed by atoms with Gasteiger partial charge < -0.3 is 0 Å². The highest BCUT2D eigenvalue weighted by molar-refractivity contribution is 6.22. The van der Waals surface area contributed by atoms with Crippen LogP contribution in [0.15, 0.2) is 30.5 Å². The number of imide groups is 1. The van der Waals surface area contributed by atoms with E-state index >= 15 is 0 Å². The smallest absolute Gasteiger partial charge is 0.239 e. The summed E-state index contributed by atoms with van der Waals surface area (Å²) in [6.45, 7) is 1.93. The van der Waals surface area contributed by atoms with Crippen molar-refractivity contribution in [1.29, 1.82) is 0 Å². The molecule has 4 atom stereocenters. The second-order valence-electron chi connectivity index (χ2n) is 5.71. The average Bonchev–Trinajstić information content (AvgIpc) is 3.06. The summed E-state index contributed by atoms with van der Waals surface area (Å²) >= 11 is 0. The van der Waals surface area contributed by atoms with Crippen molar-refractivity contribution < 1.29 is 9.59 Å². The highest BCUT2D eigenvalue weighted by atomic mass is 16.2. The van der Waals surface area contributed by atoms with Crippen molar-refractivity contribution >= 4 is 17.6 Å². The lowest BCUT2D eigenvalue weighted by atomic mass is 9.85. The van der Waals surface area contributed by atoms with E-state index in [1.54, 1.807) is 12.3 Å². The van der Waals surface area contributed by atoms with Gasteiger partial charge in [-0.15, -0.1) is 0 Å². The van der Waals surface area contributed by atoms with Gasteiger partial charge in [0, 0.05) is 6.20 Å². The Balaban J connectivity index is 1.74. The first-order chi connectivity index (χ1) is 9.16. The monoisotopic (exact) mass is 254 g/mol. The summed E-state index contributed by atoms with van der Waals surface area (Å²) in [6, 6.07) is 3.63. The zero-order chi connectivity index (χ0) is 13.1. The van der Waals surface area contributed by atoms with Gasteiger partial charge in [0.15, 0.2) is 0 Å². The number of carbonyl (C=O) groups excluding carboxylic acids is 2. The van der Waals surface area contributed by atoms with Crippen molar-refractivity contribution in [2.75, 3.05) is 4.90 Å². The van der Waals surface area contributed by atoms with Crippen LogP contribution >= 0.6 is 0 Å². The van der Waals surface area contributed by atoms with Crippen LogP contribution in [0.25, 0.3) is 0 Å². The van der Waals surface area contributed by atoms with Crippen molar-refractivity contribution in [1.82, 2.24) is 4.98 Å². The number of amides is 2. The Hall–Kier alpha value is -1.97. The quantitative estimate of drug-likeness (QED) is 0.566. The minimum Gasteiger partial charge on any atom is -0.274 e. The summed E-state index contributed by atoms with van der Waals surface area (Å²) < 4.78 is 0. The van der Waals surface area contributed by atoms with E-state index < -0.39 is 0 Å².